The fourth-order valence-electron chi connectivity index (χ4n) is 4.42. The summed E-state index contributed by atoms with van der Waals surface area (Å²) in [5.74, 6) is 4.12. The summed E-state index contributed by atoms with van der Waals surface area (Å²) < 4.78 is 12.0. The lowest BCUT2D eigenvalue weighted by atomic mass is 9.91. The fourth-order valence-corrected chi connectivity index (χ4v) is 5.38. The number of nitrogens with zero attached hydrogens (tertiary/aromatic N) is 2. The lowest BCUT2D eigenvalue weighted by Crippen LogP contribution is -2.32. The first-order valence-electron chi connectivity index (χ1n) is 13.5. The van der Waals surface area contributed by atoms with E-state index in [1.165, 1.54) is 22.3 Å². The van der Waals surface area contributed by atoms with Crippen molar-refractivity contribution in [2.45, 2.75) is 26.7 Å². The van der Waals surface area contributed by atoms with Gasteiger partial charge in [0.05, 0.1) is 0 Å². The molecule has 0 saturated heterocycles. The minimum absolute atomic E-state index is 0.593. The molecule has 0 radical (unpaired) electrons. The third kappa shape index (κ3) is 11.5. The van der Waals surface area contributed by atoms with Gasteiger partial charge in [-0.05, 0) is 59.4 Å². The monoisotopic (exact) mass is 602 g/mol. The van der Waals surface area contributed by atoms with Crippen LogP contribution in [0.5, 0.6) is 11.5 Å². The van der Waals surface area contributed by atoms with Crippen LogP contribution in [0.3, 0.4) is 0 Å². The van der Waals surface area contributed by atoms with Crippen LogP contribution in [-0.2, 0) is 0 Å². The van der Waals surface area contributed by atoms with Gasteiger partial charge in [0.1, 0.15) is 24.7 Å². The van der Waals surface area contributed by atoms with Gasteiger partial charge in [0, 0.05) is 62.8 Å². The van der Waals surface area contributed by atoms with Crippen LogP contribution in [0.15, 0.2) is 48.5 Å². The molecule has 0 heterocycles. The molecule has 2 aromatic rings. The zero-order valence-electron chi connectivity index (χ0n) is 22.7. The van der Waals surface area contributed by atoms with Crippen LogP contribution < -0.4 is 9.47 Å². The molecular weight excluding hydrogens is 562 g/mol. The first-order valence-corrected chi connectivity index (χ1v) is 15.6. The summed E-state index contributed by atoms with van der Waals surface area (Å²) in [7, 11) is 0. The molecule has 0 spiro atoms. The van der Waals surface area contributed by atoms with Crippen molar-refractivity contribution in [1.29, 1.82) is 0 Å². The van der Waals surface area contributed by atoms with Gasteiger partial charge >= 0.3 is 0 Å². The quantitative estimate of drug-likeness (QED) is 0.114. The number of benzene rings is 2. The standard InChI is InChI=1S/C30H42Cl4N2O2/c1-3-29(25-5-9-27(10-6-25)37-23-21-35(17-13-31)18-14-32)30(4-2)26-7-11-28(12-8-26)38-24-22-36(19-15-33)20-16-34/h5-12H,3-4,13-24H2,1-2H3/b30-29+. The highest BCUT2D eigenvalue weighted by atomic mass is 35.5. The Morgan fingerprint density at radius 3 is 1.11 bits per heavy atom. The number of ether oxygens (including phenoxy) is 2. The Labute approximate surface area is 249 Å². The number of rotatable bonds is 20. The maximum Gasteiger partial charge on any atom is 0.119 e. The van der Waals surface area contributed by atoms with E-state index in [0.29, 0.717) is 36.7 Å². The van der Waals surface area contributed by atoms with Gasteiger partial charge in [-0.2, -0.15) is 0 Å². The number of halogens is 4. The minimum Gasteiger partial charge on any atom is -0.492 e. The largest absolute Gasteiger partial charge is 0.492 e. The van der Waals surface area contributed by atoms with E-state index in [0.717, 1.165) is 63.6 Å². The summed E-state index contributed by atoms with van der Waals surface area (Å²) in [6.45, 7) is 10.5. The lowest BCUT2D eigenvalue weighted by molar-refractivity contribution is 0.224. The molecule has 0 bridgehead atoms. The highest BCUT2D eigenvalue weighted by Gasteiger charge is 2.11. The second-order valence-electron chi connectivity index (χ2n) is 8.85. The molecule has 0 aliphatic rings. The summed E-state index contributed by atoms with van der Waals surface area (Å²) in [4.78, 5) is 4.43. The molecule has 0 fully saturated rings. The van der Waals surface area contributed by atoms with Crippen molar-refractivity contribution in [1.82, 2.24) is 9.80 Å². The second-order valence-corrected chi connectivity index (χ2v) is 10.4. The number of hydrogen-bond acceptors (Lipinski definition) is 4. The average Bonchev–Trinajstić information content (AvgIpc) is 2.93. The van der Waals surface area contributed by atoms with Gasteiger partial charge in [0.2, 0.25) is 0 Å². The molecule has 2 rings (SSSR count). The summed E-state index contributed by atoms with van der Waals surface area (Å²) in [6, 6.07) is 16.9. The highest BCUT2D eigenvalue weighted by molar-refractivity contribution is 6.18. The molecule has 4 nitrogen and oxygen atoms in total. The normalized spacial score (nSPS) is 12.2. The molecule has 0 amide bonds. The molecule has 0 aliphatic carbocycles. The molecule has 0 unspecified atom stereocenters. The average molecular weight is 604 g/mol. The SMILES string of the molecule is CC/C(=C(/CC)c1ccc(OCCN(CCCl)CCCl)cc1)c1ccc(OCCN(CCCl)CCCl)cc1. The van der Waals surface area contributed by atoms with E-state index in [9.17, 15) is 0 Å². The van der Waals surface area contributed by atoms with Gasteiger partial charge in [0.25, 0.3) is 0 Å². The van der Waals surface area contributed by atoms with Crippen molar-refractivity contribution in [3.8, 4) is 11.5 Å². The molecule has 0 aromatic heterocycles. The molecule has 2 aromatic carbocycles. The Kier molecular flexibility index (Phi) is 17.3. The molecule has 38 heavy (non-hydrogen) atoms. The molecular formula is C30H42Cl4N2O2. The third-order valence-electron chi connectivity index (χ3n) is 6.43. The third-order valence-corrected chi connectivity index (χ3v) is 7.11. The van der Waals surface area contributed by atoms with Gasteiger partial charge in [-0.3, -0.25) is 9.80 Å². The Morgan fingerprint density at radius 2 is 0.842 bits per heavy atom. The van der Waals surface area contributed by atoms with Crippen molar-refractivity contribution in [3.05, 3.63) is 59.7 Å². The topological polar surface area (TPSA) is 24.9 Å². The first kappa shape index (κ1) is 33.1. The summed E-state index contributed by atoms with van der Waals surface area (Å²) in [5, 5.41) is 0. The summed E-state index contributed by atoms with van der Waals surface area (Å²) in [6.07, 6.45) is 1.90. The smallest absolute Gasteiger partial charge is 0.119 e. The van der Waals surface area contributed by atoms with E-state index in [-0.39, 0.29) is 0 Å². The van der Waals surface area contributed by atoms with Crippen molar-refractivity contribution >= 4 is 57.5 Å². The van der Waals surface area contributed by atoms with Crippen LogP contribution in [0.25, 0.3) is 11.1 Å². The Balaban J connectivity index is 2.02. The molecule has 8 heteroatoms. The van der Waals surface area contributed by atoms with Crippen LogP contribution in [0.1, 0.15) is 37.8 Å². The molecule has 212 valence electrons. The predicted octanol–water partition coefficient (Wildman–Crippen LogP) is 7.73. The van der Waals surface area contributed by atoms with Gasteiger partial charge in [0.15, 0.2) is 0 Å². The molecule has 0 aliphatic heterocycles. The van der Waals surface area contributed by atoms with Gasteiger partial charge < -0.3 is 9.47 Å². The van der Waals surface area contributed by atoms with E-state index in [2.05, 4.69) is 72.2 Å². The van der Waals surface area contributed by atoms with Gasteiger partial charge in [-0.25, -0.2) is 0 Å². The van der Waals surface area contributed by atoms with E-state index in [4.69, 9.17) is 55.9 Å². The van der Waals surface area contributed by atoms with E-state index in [1.54, 1.807) is 0 Å². The number of alkyl halides is 4. The zero-order chi connectivity index (χ0) is 27.6. The Hall–Kier alpha value is -1.14. The van der Waals surface area contributed by atoms with Crippen molar-refractivity contribution < 1.29 is 9.47 Å². The van der Waals surface area contributed by atoms with Crippen molar-refractivity contribution in [2.75, 3.05) is 76.0 Å². The van der Waals surface area contributed by atoms with Crippen molar-refractivity contribution in [2.24, 2.45) is 0 Å². The van der Waals surface area contributed by atoms with Crippen molar-refractivity contribution in [3.63, 3.8) is 0 Å². The van der Waals surface area contributed by atoms with E-state index >= 15 is 0 Å². The Morgan fingerprint density at radius 1 is 0.526 bits per heavy atom. The van der Waals surface area contributed by atoms with Crippen LogP contribution >= 0.6 is 46.4 Å². The number of allylic oxidation sites excluding steroid dienone is 2. The second kappa shape index (κ2) is 19.8. The van der Waals surface area contributed by atoms with E-state index < -0.39 is 0 Å². The maximum absolute atomic E-state index is 5.98. The van der Waals surface area contributed by atoms with Crippen LogP contribution in [0.2, 0.25) is 0 Å². The van der Waals surface area contributed by atoms with Crippen LogP contribution in [0.4, 0.5) is 0 Å². The minimum atomic E-state index is 0.593. The lowest BCUT2D eigenvalue weighted by Gasteiger charge is -2.20. The van der Waals surface area contributed by atoms with Crippen LogP contribution in [-0.4, -0.2) is 85.8 Å². The maximum atomic E-state index is 5.98. The highest BCUT2D eigenvalue weighted by Crippen LogP contribution is 2.33. The fraction of sp³-hybridized carbons (Fsp3) is 0.533. The first-order chi connectivity index (χ1) is 18.6. The molecule has 0 saturated carbocycles. The molecule has 0 atom stereocenters. The predicted molar refractivity (Wildman–Crippen MR) is 167 cm³/mol. The van der Waals surface area contributed by atoms with E-state index in [1.807, 2.05) is 0 Å². The summed E-state index contributed by atoms with van der Waals surface area (Å²) in [5.41, 5.74) is 5.14. The van der Waals surface area contributed by atoms with Gasteiger partial charge in [-0.1, -0.05) is 38.1 Å². The Bertz CT molecular complexity index is 835. The molecule has 0 N–H and O–H groups in total. The number of hydrogen-bond donors (Lipinski definition) is 0. The summed E-state index contributed by atoms with van der Waals surface area (Å²) >= 11 is 23.5. The zero-order valence-corrected chi connectivity index (χ0v) is 25.8. The van der Waals surface area contributed by atoms with Gasteiger partial charge in [-0.15, -0.1) is 46.4 Å². The van der Waals surface area contributed by atoms with Crippen LogP contribution in [0, 0.1) is 0 Å².